The van der Waals surface area contributed by atoms with Crippen LogP contribution in [0.4, 0.5) is 10.3 Å². The molecule has 4 nitrogen and oxygen atoms in total. The molecule has 13 heavy (non-hydrogen) atoms. The predicted octanol–water partition coefficient (Wildman–Crippen LogP) is 1.50. The summed E-state index contributed by atoms with van der Waals surface area (Å²) in [6.45, 7) is 3.33. The molecule has 2 heterocycles. The molecule has 1 fully saturated rings. The third-order valence-corrected chi connectivity index (χ3v) is 3.27. The molecule has 0 bridgehead atoms. The van der Waals surface area contributed by atoms with Gasteiger partial charge in [0.15, 0.2) is 0 Å². The van der Waals surface area contributed by atoms with Crippen molar-refractivity contribution in [2.24, 2.45) is 0 Å². The van der Waals surface area contributed by atoms with Gasteiger partial charge in [-0.2, -0.15) is 0 Å². The number of anilines is 2. The summed E-state index contributed by atoms with van der Waals surface area (Å²) < 4.78 is 0. The molecule has 72 valence electrons. The molecule has 1 aromatic rings. The molecule has 0 aliphatic carbocycles. The number of nitrogens with zero attached hydrogens (tertiary/aromatic N) is 3. The number of piperidine rings is 1. The average molecular weight is 198 g/mol. The van der Waals surface area contributed by atoms with Gasteiger partial charge in [0.05, 0.1) is 0 Å². The van der Waals surface area contributed by atoms with Crippen molar-refractivity contribution < 1.29 is 0 Å². The lowest BCUT2D eigenvalue weighted by Gasteiger charge is -2.32. The third-order valence-electron chi connectivity index (χ3n) is 2.48. The van der Waals surface area contributed by atoms with Gasteiger partial charge in [0, 0.05) is 12.6 Å². The lowest BCUT2D eigenvalue weighted by atomic mass is 10.1. The van der Waals surface area contributed by atoms with E-state index in [1.54, 1.807) is 0 Å². The Morgan fingerprint density at radius 2 is 2.31 bits per heavy atom. The molecule has 5 heteroatoms. The van der Waals surface area contributed by atoms with Crippen LogP contribution in [0.15, 0.2) is 0 Å². The molecule has 1 saturated heterocycles. The van der Waals surface area contributed by atoms with E-state index in [9.17, 15) is 0 Å². The van der Waals surface area contributed by atoms with Crippen molar-refractivity contribution in [2.75, 3.05) is 17.2 Å². The second kappa shape index (κ2) is 3.49. The Balaban J connectivity index is 2.14. The minimum Gasteiger partial charge on any atom is -0.374 e. The summed E-state index contributed by atoms with van der Waals surface area (Å²) in [6.07, 6.45) is 3.83. The van der Waals surface area contributed by atoms with Gasteiger partial charge in [0.25, 0.3) is 0 Å². The lowest BCUT2D eigenvalue weighted by Crippen LogP contribution is -2.37. The minimum atomic E-state index is 0.563. The number of hydrogen-bond acceptors (Lipinski definition) is 5. The molecule has 0 unspecified atom stereocenters. The zero-order valence-electron chi connectivity index (χ0n) is 7.73. The van der Waals surface area contributed by atoms with Crippen LogP contribution in [0.5, 0.6) is 0 Å². The fourth-order valence-electron chi connectivity index (χ4n) is 1.72. The summed E-state index contributed by atoms with van der Waals surface area (Å²) in [7, 11) is 0. The number of aromatic nitrogens is 2. The van der Waals surface area contributed by atoms with Crippen LogP contribution in [0.2, 0.25) is 0 Å². The van der Waals surface area contributed by atoms with Crippen LogP contribution >= 0.6 is 11.3 Å². The van der Waals surface area contributed by atoms with E-state index < -0.39 is 0 Å². The van der Waals surface area contributed by atoms with Crippen LogP contribution in [-0.4, -0.2) is 22.8 Å². The van der Waals surface area contributed by atoms with Crippen molar-refractivity contribution in [3.63, 3.8) is 0 Å². The predicted molar refractivity (Wildman–Crippen MR) is 55.0 cm³/mol. The fourth-order valence-corrected chi connectivity index (χ4v) is 2.46. The number of nitrogens with two attached hydrogens (primary N) is 1. The molecule has 0 aromatic carbocycles. The molecular formula is C8H14N4S. The standard InChI is InChI=1S/C8H14N4S/c1-6-4-2-3-5-12(6)8-11-10-7(9)13-8/h6H,2-5H2,1H3,(H2,9,10)/t6-/m1/s1. The number of rotatable bonds is 1. The Kier molecular flexibility index (Phi) is 2.35. The van der Waals surface area contributed by atoms with Gasteiger partial charge in [-0.25, -0.2) is 0 Å². The Morgan fingerprint density at radius 3 is 2.92 bits per heavy atom. The highest BCUT2D eigenvalue weighted by Gasteiger charge is 2.21. The number of hydrogen-bond donors (Lipinski definition) is 1. The average Bonchev–Trinajstić information content (AvgIpc) is 2.53. The summed E-state index contributed by atoms with van der Waals surface area (Å²) in [6, 6.07) is 0.584. The highest BCUT2D eigenvalue weighted by Crippen LogP contribution is 2.27. The van der Waals surface area contributed by atoms with Crippen molar-refractivity contribution in [3.8, 4) is 0 Å². The SMILES string of the molecule is C[C@@H]1CCCCN1c1nnc(N)s1. The highest BCUT2D eigenvalue weighted by molar-refractivity contribution is 7.18. The van der Waals surface area contributed by atoms with Crippen LogP contribution in [0, 0.1) is 0 Å². The maximum absolute atomic E-state index is 5.55. The molecule has 1 aliphatic rings. The summed E-state index contributed by atoms with van der Waals surface area (Å²) in [5.74, 6) is 0. The van der Waals surface area contributed by atoms with Crippen molar-refractivity contribution in [1.29, 1.82) is 0 Å². The van der Waals surface area contributed by atoms with Crippen molar-refractivity contribution in [3.05, 3.63) is 0 Å². The van der Waals surface area contributed by atoms with Crippen LogP contribution in [0.25, 0.3) is 0 Å². The molecular weight excluding hydrogens is 184 g/mol. The van der Waals surface area contributed by atoms with Gasteiger partial charge in [-0.1, -0.05) is 11.3 Å². The molecule has 2 N–H and O–H groups in total. The monoisotopic (exact) mass is 198 g/mol. The quantitative estimate of drug-likeness (QED) is 0.743. The normalized spacial score (nSPS) is 23.5. The van der Waals surface area contributed by atoms with Crippen molar-refractivity contribution in [2.45, 2.75) is 32.2 Å². The smallest absolute Gasteiger partial charge is 0.210 e. The van der Waals surface area contributed by atoms with Gasteiger partial charge in [-0.15, -0.1) is 10.2 Å². The van der Waals surface area contributed by atoms with E-state index in [1.165, 1.54) is 30.6 Å². The van der Waals surface area contributed by atoms with Gasteiger partial charge >= 0.3 is 0 Å². The second-order valence-corrected chi connectivity index (χ2v) is 4.45. The van der Waals surface area contributed by atoms with Crippen LogP contribution in [-0.2, 0) is 0 Å². The van der Waals surface area contributed by atoms with E-state index >= 15 is 0 Å². The lowest BCUT2D eigenvalue weighted by molar-refractivity contribution is 0.483. The third kappa shape index (κ3) is 1.75. The van der Waals surface area contributed by atoms with Gasteiger partial charge < -0.3 is 10.6 Å². The van der Waals surface area contributed by atoms with E-state index in [1.807, 2.05) is 0 Å². The Morgan fingerprint density at radius 1 is 1.46 bits per heavy atom. The molecule has 0 radical (unpaired) electrons. The van der Waals surface area contributed by atoms with E-state index in [0.717, 1.165) is 11.7 Å². The first kappa shape index (κ1) is 8.74. The van der Waals surface area contributed by atoms with Crippen molar-refractivity contribution >= 4 is 21.6 Å². The van der Waals surface area contributed by atoms with Crippen LogP contribution in [0.3, 0.4) is 0 Å². The van der Waals surface area contributed by atoms with E-state index in [2.05, 4.69) is 22.0 Å². The summed E-state index contributed by atoms with van der Waals surface area (Å²) >= 11 is 1.48. The molecule has 1 atom stereocenters. The molecule has 0 amide bonds. The van der Waals surface area contributed by atoms with Gasteiger partial charge in [-0.05, 0) is 26.2 Å². The van der Waals surface area contributed by atoms with E-state index in [-0.39, 0.29) is 0 Å². The first-order chi connectivity index (χ1) is 6.27. The van der Waals surface area contributed by atoms with E-state index in [0.29, 0.717) is 11.2 Å². The number of nitrogen functional groups attached to an aromatic ring is 1. The fraction of sp³-hybridized carbons (Fsp3) is 0.750. The van der Waals surface area contributed by atoms with Gasteiger partial charge in [-0.3, -0.25) is 0 Å². The minimum absolute atomic E-state index is 0.563. The van der Waals surface area contributed by atoms with Crippen LogP contribution < -0.4 is 10.6 Å². The molecule has 1 aliphatic heterocycles. The molecule has 2 rings (SSSR count). The first-order valence-corrected chi connectivity index (χ1v) is 5.44. The maximum atomic E-state index is 5.55. The molecule has 0 saturated carbocycles. The topological polar surface area (TPSA) is 55.0 Å². The van der Waals surface area contributed by atoms with Crippen molar-refractivity contribution in [1.82, 2.24) is 10.2 Å². The Labute approximate surface area is 81.8 Å². The Bertz CT molecular complexity index is 285. The van der Waals surface area contributed by atoms with E-state index in [4.69, 9.17) is 5.73 Å². The maximum Gasteiger partial charge on any atom is 0.210 e. The highest BCUT2D eigenvalue weighted by atomic mass is 32.1. The second-order valence-electron chi connectivity index (χ2n) is 3.46. The Hall–Kier alpha value is -0.840. The summed E-state index contributed by atoms with van der Waals surface area (Å²) in [4.78, 5) is 2.30. The van der Waals surface area contributed by atoms with Crippen LogP contribution in [0.1, 0.15) is 26.2 Å². The zero-order valence-corrected chi connectivity index (χ0v) is 8.55. The zero-order chi connectivity index (χ0) is 9.26. The summed E-state index contributed by atoms with van der Waals surface area (Å²) in [5.41, 5.74) is 5.55. The first-order valence-electron chi connectivity index (χ1n) is 4.63. The van der Waals surface area contributed by atoms with Gasteiger partial charge in [0.2, 0.25) is 10.3 Å². The molecule has 1 aromatic heterocycles. The largest absolute Gasteiger partial charge is 0.374 e. The van der Waals surface area contributed by atoms with Gasteiger partial charge in [0.1, 0.15) is 0 Å². The molecule has 0 spiro atoms. The summed E-state index contributed by atoms with van der Waals surface area (Å²) in [5, 5.41) is 9.43.